The molecular formula is C16H27N5O4. The van der Waals surface area contributed by atoms with Crippen LogP contribution in [0.1, 0.15) is 32.6 Å². The number of nitrogens with one attached hydrogen (secondary N) is 2. The molecule has 0 bridgehead atoms. The highest BCUT2D eigenvalue weighted by atomic mass is 16.2. The number of carbonyl (C=O) groups is 4. The van der Waals surface area contributed by atoms with Gasteiger partial charge in [0.15, 0.2) is 0 Å². The standard InChI is InChI=1S/C16H27N5O4/c1-11-5-7-16(8-6-11)14(24)21(15(25)17-16)18-12(22)9-20(4)10-13(23)19(2)3/h11H,5-10H2,1-4H3,(H,17,25)(H,18,22). The summed E-state index contributed by atoms with van der Waals surface area (Å²) < 4.78 is 0. The van der Waals surface area contributed by atoms with Crippen LogP contribution >= 0.6 is 0 Å². The van der Waals surface area contributed by atoms with Gasteiger partial charge in [-0.1, -0.05) is 6.92 Å². The second kappa shape index (κ2) is 7.38. The average molecular weight is 353 g/mol. The van der Waals surface area contributed by atoms with Gasteiger partial charge in [0.25, 0.3) is 11.8 Å². The predicted octanol–water partition coefficient (Wildman–Crippen LogP) is -0.462. The van der Waals surface area contributed by atoms with Gasteiger partial charge < -0.3 is 10.2 Å². The summed E-state index contributed by atoms with van der Waals surface area (Å²) in [5.74, 6) is -0.522. The fourth-order valence-corrected chi connectivity index (χ4v) is 3.15. The van der Waals surface area contributed by atoms with Gasteiger partial charge in [-0.2, -0.15) is 5.01 Å². The van der Waals surface area contributed by atoms with Crippen molar-refractivity contribution in [1.82, 2.24) is 25.6 Å². The molecule has 0 unspecified atom stereocenters. The Morgan fingerprint density at radius 1 is 1.20 bits per heavy atom. The van der Waals surface area contributed by atoms with Gasteiger partial charge in [-0.05, 0) is 38.6 Å². The van der Waals surface area contributed by atoms with Crippen LogP contribution in [0.4, 0.5) is 4.79 Å². The summed E-state index contributed by atoms with van der Waals surface area (Å²) in [4.78, 5) is 51.5. The SMILES string of the molecule is CC1CCC2(CC1)NC(=O)N(NC(=O)CN(C)CC(=O)N(C)C)C2=O. The Kier molecular flexibility index (Phi) is 5.66. The van der Waals surface area contributed by atoms with Crippen molar-refractivity contribution in [2.24, 2.45) is 5.92 Å². The van der Waals surface area contributed by atoms with Gasteiger partial charge >= 0.3 is 6.03 Å². The molecular weight excluding hydrogens is 326 g/mol. The predicted molar refractivity (Wildman–Crippen MR) is 90.1 cm³/mol. The fourth-order valence-electron chi connectivity index (χ4n) is 3.15. The van der Waals surface area contributed by atoms with E-state index < -0.39 is 23.4 Å². The zero-order chi connectivity index (χ0) is 18.8. The number of likely N-dealkylation sites (N-methyl/N-ethyl adjacent to an activating group) is 2. The minimum Gasteiger partial charge on any atom is -0.348 e. The van der Waals surface area contributed by atoms with Crippen molar-refractivity contribution >= 4 is 23.8 Å². The first-order valence-corrected chi connectivity index (χ1v) is 8.49. The first-order chi connectivity index (χ1) is 11.6. The van der Waals surface area contributed by atoms with Crippen LogP contribution in [0, 0.1) is 5.92 Å². The zero-order valence-corrected chi connectivity index (χ0v) is 15.3. The molecule has 0 aromatic heterocycles. The number of hydrogen-bond acceptors (Lipinski definition) is 5. The summed E-state index contributed by atoms with van der Waals surface area (Å²) in [6.07, 6.45) is 2.90. The van der Waals surface area contributed by atoms with Crippen LogP contribution in [0.25, 0.3) is 0 Å². The van der Waals surface area contributed by atoms with E-state index in [1.54, 1.807) is 21.1 Å². The number of carbonyl (C=O) groups excluding carboxylic acids is 4. The fraction of sp³-hybridized carbons (Fsp3) is 0.750. The van der Waals surface area contributed by atoms with Crippen LogP contribution in [0.3, 0.4) is 0 Å². The molecule has 1 aliphatic carbocycles. The molecule has 140 valence electrons. The van der Waals surface area contributed by atoms with E-state index in [-0.39, 0.29) is 19.0 Å². The number of hydrazine groups is 1. The van der Waals surface area contributed by atoms with Crippen LogP contribution < -0.4 is 10.7 Å². The van der Waals surface area contributed by atoms with E-state index in [4.69, 9.17) is 0 Å². The number of hydrogen-bond donors (Lipinski definition) is 2. The minimum atomic E-state index is -0.885. The maximum absolute atomic E-state index is 12.6. The summed E-state index contributed by atoms with van der Waals surface area (Å²) in [7, 11) is 4.89. The van der Waals surface area contributed by atoms with Gasteiger partial charge in [-0.25, -0.2) is 4.79 Å². The second-order valence-electron chi connectivity index (χ2n) is 7.33. The molecule has 2 aliphatic rings. The van der Waals surface area contributed by atoms with Gasteiger partial charge in [0.05, 0.1) is 13.1 Å². The number of imide groups is 1. The lowest BCUT2D eigenvalue weighted by molar-refractivity contribution is -0.140. The highest BCUT2D eigenvalue weighted by Crippen LogP contribution is 2.35. The molecule has 5 amide bonds. The third-order valence-corrected chi connectivity index (χ3v) is 4.84. The lowest BCUT2D eigenvalue weighted by Crippen LogP contribution is -2.53. The second-order valence-corrected chi connectivity index (χ2v) is 7.33. The summed E-state index contributed by atoms with van der Waals surface area (Å²) in [6, 6.07) is -0.597. The summed E-state index contributed by atoms with van der Waals surface area (Å²) >= 11 is 0. The van der Waals surface area contributed by atoms with Crippen LogP contribution in [0.2, 0.25) is 0 Å². The van der Waals surface area contributed by atoms with Crippen molar-refractivity contribution in [2.75, 3.05) is 34.2 Å². The third kappa shape index (κ3) is 4.28. The monoisotopic (exact) mass is 353 g/mol. The summed E-state index contributed by atoms with van der Waals surface area (Å²) in [5.41, 5.74) is 1.48. The van der Waals surface area contributed by atoms with Crippen molar-refractivity contribution < 1.29 is 19.2 Å². The molecule has 25 heavy (non-hydrogen) atoms. The van der Waals surface area contributed by atoms with Crippen molar-refractivity contribution in [2.45, 2.75) is 38.1 Å². The van der Waals surface area contributed by atoms with Gasteiger partial charge in [-0.3, -0.25) is 24.7 Å². The normalized spacial score (nSPS) is 26.1. The van der Waals surface area contributed by atoms with Crippen LogP contribution in [0.15, 0.2) is 0 Å². The van der Waals surface area contributed by atoms with Crippen molar-refractivity contribution in [3.8, 4) is 0 Å². The zero-order valence-electron chi connectivity index (χ0n) is 15.3. The molecule has 2 fully saturated rings. The number of urea groups is 1. The number of rotatable bonds is 5. The van der Waals surface area contributed by atoms with E-state index in [9.17, 15) is 19.2 Å². The highest BCUT2D eigenvalue weighted by molar-refractivity contribution is 6.08. The third-order valence-electron chi connectivity index (χ3n) is 4.84. The molecule has 1 saturated heterocycles. The van der Waals surface area contributed by atoms with E-state index in [0.717, 1.165) is 17.9 Å². The molecule has 2 rings (SSSR count). The van der Waals surface area contributed by atoms with E-state index in [2.05, 4.69) is 17.7 Å². The maximum Gasteiger partial charge on any atom is 0.344 e. The first-order valence-electron chi connectivity index (χ1n) is 8.49. The van der Waals surface area contributed by atoms with Gasteiger partial charge in [-0.15, -0.1) is 0 Å². The molecule has 2 N–H and O–H groups in total. The smallest absolute Gasteiger partial charge is 0.344 e. The topological polar surface area (TPSA) is 102 Å². The maximum atomic E-state index is 12.6. The summed E-state index contributed by atoms with van der Waals surface area (Å²) in [5, 5.41) is 3.52. The molecule has 0 aromatic rings. The Morgan fingerprint density at radius 3 is 2.36 bits per heavy atom. The number of nitrogens with zero attached hydrogens (tertiary/aromatic N) is 3. The lowest BCUT2D eigenvalue weighted by Gasteiger charge is -2.33. The van der Waals surface area contributed by atoms with Gasteiger partial charge in [0, 0.05) is 14.1 Å². The van der Waals surface area contributed by atoms with Crippen LogP contribution in [-0.2, 0) is 14.4 Å². The van der Waals surface area contributed by atoms with Crippen molar-refractivity contribution in [3.63, 3.8) is 0 Å². The molecule has 1 spiro atoms. The molecule has 1 saturated carbocycles. The molecule has 9 heteroatoms. The van der Waals surface area contributed by atoms with Gasteiger partial charge in [0.1, 0.15) is 5.54 Å². The molecule has 0 aromatic carbocycles. The molecule has 9 nitrogen and oxygen atoms in total. The largest absolute Gasteiger partial charge is 0.348 e. The molecule has 0 atom stereocenters. The van der Waals surface area contributed by atoms with Crippen LogP contribution in [0.5, 0.6) is 0 Å². The quantitative estimate of drug-likeness (QED) is 0.651. The molecule has 1 heterocycles. The van der Waals surface area contributed by atoms with Crippen LogP contribution in [-0.4, -0.2) is 78.3 Å². The lowest BCUT2D eigenvalue weighted by atomic mass is 9.77. The van der Waals surface area contributed by atoms with Crippen molar-refractivity contribution in [3.05, 3.63) is 0 Å². The average Bonchev–Trinajstić information content (AvgIpc) is 2.74. The Hall–Kier alpha value is -2.16. The minimum absolute atomic E-state index is 0.0718. The molecule has 1 aliphatic heterocycles. The first kappa shape index (κ1) is 19.2. The Labute approximate surface area is 147 Å². The van der Waals surface area contributed by atoms with E-state index in [0.29, 0.717) is 18.8 Å². The van der Waals surface area contributed by atoms with E-state index in [1.807, 2.05) is 0 Å². The highest BCUT2D eigenvalue weighted by Gasteiger charge is 2.52. The Morgan fingerprint density at radius 2 is 1.80 bits per heavy atom. The van der Waals surface area contributed by atoms with E-state index in [1.165, 1.54) is 9.80 Å². The molecule has 0 radical (unpaired) electrons. The Bertz CT molecular complexity index is 569. The number of amides is 5. The van der Waals surface area contributed by atoms with Crippen molar-refractivity contribution in [1.29, 1.82) is 0 Å². The summed E-state index contributed by atoms with van der Waals surface area (Å²) in [6.45, 7) is 2.10. The Balaban J connectivity index is 1.91. The van der Waals surface area contributed by atoms with Gasteiger partial charge in [0.2, 0.25) is 5.91 Å². The van der Waals surface area contributed by atoms with E-state index >= 15 is 0 Å².